The summed E-state index contributed by atoms with van der Waals surface area (Å²) >= 11 is 0. The van der Waals surface area contributed by atoms with Crippen molar-refractivity contribution in [2.45, 2.75) is 78.0 Å². The minimum absolute atomic E-state index is 0.0188. The Kier molecular flexibility index (Phi) is 12.3. The lowest BCUT2D eigenvalue weighted by atomic mass is 9.98. The van der Waals surface area contributed by atoms with Gasteiger partial charge in [0.1, 0.15) is 29.2 Å². The Hall–Kier alpha value is -3.79. The summed E-state index contributed by atoms with van der Waals surface area (Å²) in [5.74, 6) is -1.26. The number of carbonyl (C=O) groups is 3. The quantitative estimate of drug-likeness (QED) is 0.236. The summed E-state index contributed by atoms with van der Waals surface area (Å²) in [6.07, 6.45) is 1.81. The molecule has 10 heteroatoms. The molecule has 220 valence electrons. The third kappa shape index (κ3) is 9.75. The molecule has 0 aromatic heterocycles. The number of phenolic OH excluding ortho intramolecular Hbond substituents is 2. The van der Waals surface area contributed by atoms with Crippen LogP contribution in [-0.4, -0.2) is 69.5 Å². The zero-order valence-electron chi connectivity index (χ0n) is 24.1. The highest BCUT2D eigenvalue weighted by Crippen LogP contribution is 2.32. The van der Waals surface area contributed by atoms with Gasteiger partial charge in [0.2, 0.25) is 11.8 Å². The van der Waals surface area contributed by atoms with Crippen molar-refractivity contribution in [3.8, 4) is 11.5 Å². The fraction of sp³-hybridized carbons (Fsp3) is 0.500. The molecule has 0 bridgehead atoms. The molecule has 0 spiro atoms. The van der Waals surface area contributed by atoms with E-state index in [4.69, 9.17) is 4.74 Å². The van der Waals surface area contributed by atoms with Crippen LogP contribution < -0.4 is 10.6 Å². The van der Waals surface area contributed by atoms with Gasteiger partial charge in [-0.2, -0.15) is 0 Å². The Morgan fingerprint density at radius 2 is 1.70 bits per heavy atom. The molecule has 10 nitrogen and oxygen atoms in total. The molecule has 40 heavy (non-hydrogen) atoms. The van der Waals surface area contributed by atoms with Crippen molar-refractivity contribution in [2.24, 2.45) is 0 Å². The zero-order chi connectivity index (χ0) is 29.9. The lowest BCUT2D eigenvalue weighted by Crippen LogP contribution is -2.54. The van der Waals surface area contributed by atoms with Gasteiger partial charge in [0, 0.05) is 25.1 Å². The molecule has 2 atom stereocenters. The van der Waals surface area contributed by atoms with Gasteiger partial charge in [0.25, 0.3) is 0 Å². The fourth-order valence-corrected chi connectivity index (χ4v) is 4.23. The van der Waals surface area contributed by atoms with Crippen molar-refractivity contribution >= 4 is 17.9 Å². The first-order chi connectivity index (χ1) is 18.9. The first-order valence-electron chi connectivity index (χ1n) is 13.6. The van der Waals surface area contributed by atoms with Gasteiger partial charge >= 0.3 is 6.09 Å². The van der Waals surface area contributed by atoms with E-state index in [0.717, 1.165) is 19.3 Å². The van der Waals surface area contributed by atoms with Gasteiger partial charge in [0.15, 0.2) is 0 Å². The van der Waals surface area contributed by atoms with Crippen molar-refractivity contribution in [1.82, 2.24) is 15.5 Å². The summed E-state index contributed by atoms with van der Waals surface area (Å²) < 4.78 is 5.39. The number of benzene rings is 2. The molecule has 2 aromatic carbocycles. The van der Waals surface area contributed by atoms with E-state index < -0.39 is 42.2 Å². The molecule has 0 saturated carbocycles. The third-order valence-corrected chi connectivity index (χ3v) is 6.19. The summed E-state index contributed by atoms with van der Waals surface area (Å²) in [7, 11) is 0. The van der Waals surface area contributed by atoms with E-state index in [0.29, 0.717) is 17.7 Å². The number of aliphatic hydroxyl groups excluding tert-OH is 1. The average Bonchev–Trinajstić information content (AvgIpc) is 2.88. The third-order valence-electron chi connectivity index (χ3n) is 6.19. The first-order valence-corrected chi connectivity index (χ1v) is 13.6. The molecular formula is C30H43N3O7. The molecule has 2 rings (SSSR count). The number of aromatic hydroxyl groups is 2. The van der Waals surface area contributed by atoms with Gasteiger partial charge in [-0.05, 0) is 57.4 Å². The van der Waals surface area contributed by atoms with Crippen molar-refractivity contribution in [3.63, 3.8) is 0 Å². The number of carbonyl (C=O) groups excluding carboxylic acids is 3. The SMILES string of the molecule is CCCCCNC(=O)C(c1cccc(C)c1O)N(CCO)C(=O)C(Cc1ccc(O)cc1)NC(=O)OC(C)(C)C. The Morgan fingerprint density at radius 1 is 1.02 bits per heavy atom. The van der Waals surface area contributed by atoms with E-state index in [1.165, 1.54) is 17.0 Å². The van der Waals surface area contributed by atoms with E-state index in [1.54, 1.807) is 58.0 Å². The number of hydrogen-bond acceptors (Lipinski definition) is 7. The molecule has 0 fully saturated rings. The largest absolute Gasteiger partial charge is 0.508 e. The van der Waals surface area contributed by atoms with Crippen LogP contribution in [0.4, 0.5) is 4.79 Å². The van der Waals surface area contributed by atoms with Crippen LogP contribution in [0.15, 0.2) is 42.5 Å². The number of phenols is 2. The van der Waals surface area contributed by atoms with Crippen LogP contribution in [0.5, 0.6) is 11.5 Å². The molecule has 0 radical (unpaired) electrons. The highest BCUT2D eigenvalue weighted by atomic mass is 16.6. The molecule has 0 aliphatic carbocycles. The maximum atomic E-state index is 14.1. The van der Waals surface area contributed by atoms with E-state index in [1.807, 2.05) is 6.92 Å². The van der Waals surface area contributed by atoms with Gasteiger partial charge in [-0.1, -0.05) is 50.1 Å². The number of rotatable bonds is 13. The molecule has 0 heterocycles. The lowest BCUT2D eigenvalue weighted by Gasteiger charge is -2.34. The Balaban J connectivity index is 2.53. The average molecular weight is 558 g/mol. The van der Waals surface area contributed by atoms with Crippen LogP contribution in [0.2, 0.25) is 0 Å². The number of aryl methyl sites for hydroxylation is 1. The number of nitrogens with zero attached hydrogens (tertiary/aromatic N) is 1. The zero-order valence-corrected chi connectivity index (χ0v) is 24.1. The van der Waals surface area contributed by atoms with Crippen molar-refractivity contribution in [3.05, 3.63) is 59.2 Å². The van der Waals surface area contributed by atoms with Gasteiger partial charge in [-0.15, -0.1) is 0 Å². The Labute approximate surface area is 236 Å². The van der Waals surface area contributed by atoms with Gasteiger partial charge in [0.05, 0.1) is 6.61 Å². The highest BCUT2D eigenvalue weighted by Gasteiger charge is 2.37. The standard InChI is InChI=1S/C30H43N3O7/c1-6-7-8-16-31-27(37)25(23-11-9-10-20(2)26(23)36)33(17-18-34)28(38)24(32-29(39)40-30(3,4)5)19-21-12-14-22(35)15-13-21/h9-15,24-25,34-36H,6-8,16-19H2,1-5H3,(H,31,37)(H,32,39). The topological polar surface area (TPSA) is 148 Å². The molecule has 5 N–H and O–H groups in total. The Morgan fingerprint density at radius 3 is 2.30 bits per heavy atom. The maximum Gasteiger partial charge on any atom is 0.408 e. The number of aliphatic hydroxyl groups is 1. The number of amides is 3. The second kappa shape index (κ2) is 15.1. The predicted octanol–water partition coefficient (Wildman–Crippen LogP) is 3.71. The van der Waals surface area contributed by atoms with Crippen molar-refractivity contribution < 1.29 is 34.4 Å². The lowest BCUT2D eigenvalue weighted by molar-refractivity contribution is -0.143. The molecule has 0 saturated heterocycles. The van der Waals surface area contributed by atoms with Crippen molar-refractivity contribution in [1.29, 1.82) is 0 Å². The monoisotopic (exact) mass is 557 g/mol. The smallest absolute Gasteiger partial charge is 0.408 e. The van der Waals surface area contributed by atoms with Crippen LogP contribution in [0.3, 0.4) is 0 Å². The van der Waals surface area contributed by atoms with Crippen LogP contribution in [0.1, 0.15) is 69.7 Å². The number of hydrogen-bond donors (Lipinski definition) is 5. The number of alkyl carbamates (subject to hydrolysis) is 1. The summed E-state index contributed by atoms with van der Waals surface area (Å²) in [6, 6.07) is 8.63. The second-order valence-electron chi connectivity index (χ2n) is 10.7. The summed E-state index contributed by atoms with van der Waals surface area (Å²) in [4.78, 5) is 41.6. The maximum absolute atomic E-state index is 14.1. The van der Waals surface area contributed by atoms with E-state index >= 15 is 0 Å². The molecule has 2 aromatic rings. The van der Waals surface area contributed by atoms with E-state index in [-0.39, 0.29) is 30.0 Å². The van der Waals surface area contributed by atoms with Crippen LogP contribution in [0.25, 0.3) is 0 Å². The molecule has 0 aliphatic rings. The normalized spacial score (nSPS) is 12.8. The number of ether oxygens (including phenoxy) is 1. The number of para-hydroxylation sites is 1. The molecular weight excluding hydrogens is 514 g/mol. The number of unbranched alkanes of at least 4 members (excludes halogenated alkanes) is 2. The Bertz CT molecular complexity index is 1130. The van der Waals surface area contributed by atoms with Crippen LogP contribution in [0, 0.1) is 6.92 Å². The molecule has 3 amide bonds. The minimum Gasteiger partial charge on any atom is -0.508 e. The minimum atomic E-state index is -1.27. The first kappa shape index (κ1) is 32.4. The van der Waals surface area contributed by atoms with Crippen LogP contribution in [-0.2, 0) is 20.7 Å². The van der Waals surface area contributed by atoms with Gasteiger partial charge in [-0.25, -0.2) is 4.79 Å². The second-order valence-corrected chi connectivity index (χ2v) is 10.7. The molecule has 2 unspecified atom stereocenters. The summed E-state index contributed by atoms with van der Waals surface area (Å²) in [6.45, 7) is 8.50. The summed E-state index contributed by atoms with van der Waals surface area (Å²) in [5, 5.41) is 36.0. The fourth-order valence-electron chi connectivity index (χ4n) is 4.23. The van der Waals surface area contributed by atoms with Crippen LogP contribution >= 0.6 is 0 Å². The molecule has 0 aliphatic heterocycles. The van der Waals surface area contributed by atoms with Gasteiger partial charge < -0.3 is 35.6 Å². The highest BCUT2D eigenvalue weighted by molar-refractivity contribution is 5.92. The van der Waals surface area contributed by atoms with E-state index in [2.05, 4.69) is 10.6 Å². The predicted molar refractivity (Wildman–Crippen MR) is 152 cm³/mol. The van der Waals surface area contributed by atoms with E-state index in [9.17, 15) is 29.7 Å². The number of nitrogens with one attached hydrogen (secondary N) is 2. The summed E-state index contributed by atoms with van der Waals surface area (Å²) in [5.41, 5.74) is 0.533. The van der Waals surface area contributed by atoms with Gasteiger partial charge in [-0.3, -0.25) is 9.59 Å². The van der Waals surface area contributed by atoms with Crippen molar-refractivity contribution in [2.75, 3.05) is 19.7 Å².